The molecule has 220 valence electrons. The lowest BCUT2D eigenvalue weighted by Gasteiger charge is -2.38. The smallest absolute Gasteiger partial charge is 0.256 e. The number of fused-ring (bicyclic) bond motifs is 1. The van der Waals surface area contributed by atoms with Gasteiger partial charge in [0.05, 0.1) is 42.5 Å². The van der Waals surface area contributed by atoms with Crippen molar-refractivity contribution in [2.24, 2.45) is 5.73 Å². The molecule has 5 heterocycles. The maximum atomic E-state index is 14.1. The molecule has 0 spiro atoms. The van der Waals surface area contributed by atoms with E-state index in [0.717, 1.165) is 75.4 Å². The summed E-state index contributed by atoms with van der Waals surface area (Å²) in [4.78, 5) is 25.2. The molecular weight excluding hydrogens is 568 g/mol. The van der Waals surface area contributed by atoms with Gasteiger partial charge in [-0.2, -0.15) is 9.61 Å². The number of aromatic nitrogens is 3. The molecule has 41 heavy (non-hydrogen) atoms. The second-order valence-corrected chi connectivity index (χ2v) is 13.2. The van der Waals surface area contributed by atoms with Crippen molar-refractivity contribution in [3.63, 3.8) is 0 Å². The highest BCUT2D eigenvalue weighted by Crippen LogP contribution is 2.35. The number of nitrogens with one attached hydrogen (secondary N) is 1. The van der Waals surface area contributed by atoms with Crippen molar-refractivity contribution < 1.29 is 17.9 Å². The van der Waals surface area contributed by atoms with Crippen LogP contribution >= 0.6 is 11.6 Å². The number of ether oxygens (including phenoxy) is 1. The third-order valence-corrected chi connectivity index (χ3v) is 8.67. The number of likely N-dealkylation sites (tertiary alicyclic amines) is 1. The van der Waals surface area contributed by atoms with Gasteiger partial charge in [-0.15, -0.1) is 0 Å². The minimum absolute atomic E-state index is 0.138. The normalized spacial score (nSPS) is 20.7. The number of hydrogen-bond acceptors (Lipinski definition) is 9. The molecule has 2 aromatic heterocycles. The Bertz CT molecular complexity index is 1550. The quantitative estimate of drug-likeness (QED) is 0.436. The highest BCUT2D eigenvalue weighted by atomic mass is 35.5. The van der Waals surface area contributed by atoms with Crippen molar-refractivity contribution in [1.29, 1.82) is 0 Å². The van der Waals surface area contributed by atoms with E-state index in [1.54, 1.807) is 11.0 Å². The van der Waals surface area contributed by atoms with E-state index < -0.39 is 10.0 Å². The van der Waals surface area contributed by atoms with Gasteiger partial charge in [0.25, 0.3) is 5.91 Å². The van der Waals surface area contributed by atoms with Crippen molar-refractivity contribution in [2.45, 2.75) is 37.8 Å². The second-order valence-electron chi connectivity index (χ2n) is 11.0. The second kappa shape index (κ2) is 11.3. The largest absolute Gasteiger partial charge is 0.378 e. The first-order valence-electron chi connectivity index (χ1n) is 14.0. The highest BCUT2D eigenvalue weighted by Gasteiger charge is 2.33. The molecule has 1 aromatic carbocycles. The lowest BCUT2D eigenvalue weighted by Crippen LogP contribution is -2.56. The fraction of sp³-hybridized carbons (Fsp3) is 0.519. The van der Waals surface area contributed by atoms with E-state index in [4.69, 9.17) is 32.2 Å². The fourth-order valence-electron chi connectivity index (χ4n) is 5.80. The lowest BCUT2D eigenvalue weighted by molar-refractivity contribution is 0.0678. The van der Waals surface area contributed by atoms with Gasteiger partial charge in [-0.3, -0.25) is 9.52 Å². The van der Waals surface area contributed by atoms with E-state index in [-0.39, 0.29) is 29.2 Å². The zero-order chi connectivity index (χ0) is 28.7. The number of hydrogen-bond donors (Lipinski definition) is 2. The van der Waals surface area contributed by atoms with Gasteiger partial charge in [0.2, 0.25) is 10.0 Å². The third-order valence-electron chi connectivity index (χ3n) is 7.85. The Balaban J connectivity index is 1.40. The van der Waals surface area contributed by atoms with E-state index in [1.165, 1.54) is 12.1 Å². The zero-order valence-corrected chi connectivity index (χ0v) is 24.6. The molecular formula is C27H35ClN8O4S. The summed E-state index contributed by atoms with van der Waals surface area (Å²) in [6.07, 6.45) is 4.54. The maximum absolute atomic E-state index is 14.1. The van der Waals surface area contributed by atoms with Crippen LogP contribution in [0.1, 0.15) is 47.8 Å². The zero-order valence-electron chi connectivity index (χ0n) is 23.0. The van der Waals surface area contributed by atoms with Crippen molar-refractivity contribution >= 4 is 50.5 Å². The molecule has 3 aromatic rings. The van der Waals surface area contributed by atoms with Gasteiger partial charge >= 0.3 is 0 Å². The summed E-state index contributed by atoms with van der Waals surface area (Å²) in [7, 11) is -3.61. The van der Waals surface area contributed by atoms with Crippen LogP contribution in [0.2, 0.25) is 5.02 Å². The number of benzene rings is 1. The summed E-state index contributed by atoms with van der Waals surface area (Å²) >= 11 is 6.27. The first-order chi connectivity index (χ1) is 19.7. The topological polar surface area (TPSA) is 138 Å². The number of morpholine rings is 1. The maximum Gasteiger partial charge on any atom is 0.256 e. The number of carbonyl (C=O) groups is 1. The molecule has 0 radical (unpaired) electrons. The van der Waals surface area contributed by atoms with Crippen LogP contribution < -0.4 is 20.3 Å². The summed E-state index contributed by atoms with van der Waals surface area (Å²) in [5, 5.41) is 5.39. The molecule has 3 aliphatic rings. The molecule has 12 nitrogen and oxygen atoms in total. The lowest BCUT2D eigenvalue weighted by atomic mass is 10.0. The Morgan fingerprint density at radius 1 is 1.07 bits per heavy atom. The van der Waals surface area contributed by atoms with E-state index >= 15 is 0 Å². The van der Waals surface area contributed by atoms with E-state index in [1.807, 2.05) is 10.6 Å². The van der Waals surface area contributed by atoms with Crippen molar-refractivity contribution in [2.75, 3.05) is 66.7 Å². The summed E-state index contributed by atoms with van der Waals surface area (Å²) in [6, 6.07) is 8.47. The predicted octanol–water partition coefficient (Wildman–Crippen LogP) is 2.50. The first kappa shape index (κ1) is 28.0. The molecule has 3 aliphatic heterocycles. The summed E-state index contributed by atoms with van der Waals surface area (Å²) in [6.45, 7) is 4.77. The van der Waals surface area contributed by atoms with Crippen LogP contribution in [0, 0.1) is 0 Å². The number of nitrogens with zero attached hydrogens (tertiary/aromatic N) is 6. The van der Waals surface area contributed by atoms with Crippen molar-refractivity contribution in [3.05, 3.63) is 46.6 Å². The molecule has 0 bridgehead atoms. The number of amides is 1. The average Bonchev–Trinajstić information content (AvgIpc) is 3.20. The van der Waals surface area contributed by atoms with Crippen LogP contribution in [-0.4, -0.2) is 92.1 Å². The molecule has 14 heteroatoms. The molecule has 3 fully saturated rings. The van der Waals surface area contributed by atoms with Crippen molar-refractivity contribution in [3.8, 4) is 0 Å². The van der Waals surface area contributed by atoms with Crippen LogP contribution in [0.25, 0.3) is 5.65 Å². The van der Waals surface area contributed by atoms with Gasteiger partial charge in [0.1, 0.15) is 11.6 Å². The average molecular weight is 603 g/mol. The van der Waals surface area contributed by atoms with Gasteiger partial charge in [-0.05, 0) is 31.0 Å². The van der Waals surface area contributed by atoms with E-state index in [2.05, 4.69) is 20.6 Å². The Hall–Kier alpha value is -3.13. The number of sulfonamides is 1. The Morgan fingerprint density at radius 2 is 1.85 bits per heavy atom. The first-order valence-corrected chi connectivity index (χ1v) is 16.3. The van der Waals surface area contributed by atoms with Crippen LogP contribution in [-0.2, 0) is 14.8 Å². The summed E-state index contributed by atoms with van der Waals surface area (Å²) in [5.41, 5.74) is 7.93. The van der Waals surface area contributed by atoms with Gasteiger partial charge < -0.3 is 25.2 Å². The van der Waals surface area contributed by atoms with Crippen LogP contribution in [0.5, 0.6) is 0 Å². The highest BCUT2D eigenvalue weighted by molar-refractivity contribution is 7.92. The standard InChI is InChI=1S/C27H35ClN8O4S/c1-41(38,39)32-21-7-6-18(28)13-20(21)27(37)35-8-4-2-3-5-23(35)22-14-25-30-24(34-16-19(29)17-34)15-26(36(25)31-22)33-9-11-40-12-10-33/h6-7,13-15,19,23,32H,2-5,8-12,16-17,29H2,1H3. The SMILES string of the molecule is CS(=O)(=O)Nc1ccc(Cl)cc1C(=O)N1CCCCCC1c1cc2nc(N3CC(N)C3)cc(N3CCOCC3)n2n1. The predicted molar refractivity (Wildman–Crippen MR) is 158 cm³/mol. The minimum Gasteiger partial charge on any atom is -0.378 e. The van der Waals surface area contributed by atoms with Gasteiger partial charge in [0, 0.05) is 55.9 Å². The monoisotopic (exact) mass is 602 g/mol. The molecule has 1 atom stereocenters. The molecule has 6 rings (SSSR count). The fourth-order valence-corrected chi connectivity index (χ4v) is 6.55. The number of anilines is 3. The van der Waals surface area contributed by atoms with E-state index in [9.17, 15) is 13.2 Å². The molecule has 0 saturated carbocycles. The van der Waals surface area contributed by atoms with Gasteiger partial charge in [0.15, 0.2) is 5.65 Å². The van der Waals surface area contributed by atoms with Crippen LogP contribution in [0.15, 0.2) is 30.3 Å². The molecule has 1 unspecified atom stereocenters. The number of rotatable bonds is 6. The number of halogens is 1. The minimum atomic E-state index is -3.61. The van der Waals surface area contributed by atoms with Gasteiger partial charge in [-0.25, -0.2) is 13.4 Å². The molecule has 0 aliphatic carbocycles. The number of carbonyl (C=O) groups excluding carboxylic acids is 1. The molecule has 3 saturated heterocycles. The Morgan fingerprint density at radius 3 is 2.59 bits per heavy atom. The molecule has 3 N–H and O–H groups in total. The third kappa shape index (κ3) is 5.94. The summed E-state index contributed by atoms with van der Waals surface area (Å²) < 4.78 is 34.0. The Kier molecular flexibility index (Phi) is 7.70. The van der Waals surface area contributed by atoms with Crippen LogP contribution in [0.3, 0.4) is 0 Å². The summed E-state index contributed by atoms with van der Waals surface area (Å²) in [5.74, 6) is 1.50. The van der Waals surface area contributed by atoms with E-state index in [0.29, 0.717) is 30.4 Å². The van der Waals surface area contributed by atoms with Crippen LogP contribution in [0.4, 0.5) is 17.3 Å². The Labute approximate surface area is 244 Å². The van der Waals surface area contributed by atoms with Gasteiger partial charge in [-0.1, -0.05) is 24.4 Å². The molecule has 1 amide bonds. The van der Waals surface area contributed by atoms with Crippen molar-refractivity contribution in [1.82, 2.24) is 19.5 Å². The number of nitrogens with two attached hydrogens (primary N) is 1.